The van der Waals surface area contributed by atoms with Crippen LogP contribution in [-0.4, -0.2) is 15.6 Å². The Morgan fingerprint density at radius 1 is 1.60 bits per heavy atom. The lowest BCUT2D eigenvalue weighted by Crippen LogP contribution is -2.27. The first-order valence-corrected chi connectivity index (χ1v) is 5.75. The predicted molar refractivity (Wildman–Crippen MR) is 61.5 cm³/mol. The standard InChI is InChI=1S/C12H21N3/c1-12(2)5-4-10(6-12)14-8-11-7-13-9-15(11)3/h7,9-10,14H,4-6,8H2,1-3H3. The molecule has 1 unspecified atom stereocenters. The predicted octanol–water partition coefficient (Wildman–Crippen LogP) is 2.09. The molecule has 1 atom stereocenters. The van der Waals surface area contributed by atoms with E-state index in [4.69, 9.17) is 0 Å². The highest BCUT2D eigenvalue weighted by atomic mass is 15.1. The molecular weight excluding hydrogens is 186 g/mol. The second-order valence-corrected chi connectivity index (χ2v) is 5.48. The zero-order valence-electron chi connectivity index (χ0n) is 9.95. The summed E-state index contributed by atoms with van der Waals surface area (Å²) in [4.78, 5) is 4.12. The van der Waals surface area contributed by atoms with Gasteiger partial charge >= 0.3 is 0 Å². The van der Waals surface area contributed by atoms with Crippen LogP contribution in [0.15, 0.2) is 12.5 Å². The van der Waals surface area contributed by atoms with Crippen LogP contribution in [0.4, 0.5) is 0 Å². The average Bonchev–Trinajstić information content (AvgIpc) is 2.69. The molecule has 1 aliphatic rings. The van der Waals surface area contributed by atoms with Gasteiger partial charge in [0.2, 0.25) is 0 Å². The Bertz CT molecular complexity index is 327. The van der Waals surface area contributed by atoms with E-state index in [0.717, 1.165) is 6.54 Å². The third-order valence-electron chi connectivity index (χ3n) is 3.46. The van der Waals surface area contributed by atoms with Crippen LogP contribution in [0.25, 0.3) is 0 Å². The molecule has 2 rings (SSSR count). The van der Waals surface area contributed by atoms with Crippen molar-refractivity contribution in [2.75, 3.05) is 0 Å². The molecule has 15 heavy (non-hydrogen) atoms. The molecule has 1 aliphatic carbocycles. The van der Waals surface area contributed by atoms with E-state index < -0.39 is 0 Å². The fourth-order valence-electron chi connectivity index (χ4n) is 2.41. The van der Waals surface area contributed by atoms with Gasteiger partial charge in [0.15, 0.2) is 0 Å². The molecule has 3 nitrogen and oxygen atoms in total. The lowest BCUT2D eigenvalue weighted by molar-refractivity contribution is 0.363. The molecule has 0 saturated heterocycles. The van der Waals surface area contributed by atoms with E-state index in [0.29, 0.717) is 11.5 Å². The van der Waals surface area contributed by atoms with Crippen LogP contribution in [0.5, 0.6) is 0 Å². The first kappa shape index (κ1) is 10.7. The highest BCUT2D eigenvalue weighted by Gasteiger charge is 2.30. The van der Waals surface area contributed by atoms with E-state index in [1.54, 1.807) is 0 Å². The summed E-state index contributed by atoms with van der Waals surface area (Å²) in [7, 11) is 2.04. The van der Waals surface area contributed by atoms with Crippen LogP contribution in [0.2, 0.25) is 0 Å². The summed E-state index contributed by atoms with van der Waals surface area (Å²) >= 11 is 0. The number of nitrogens with one attached hydrogen (secondary N) is 1. The van der Waals surface area contributed by atoms with E-state index in [-0.39, 0.29) is 0 Å². The number of nitrogens with zero attached hydrogens (tertiary/aromatic N) is 2. The monoisotopic (exact) mass is 207 g/mol. The third kappa shape index (κ3) is 2.59. The number of aromatic nitrogens is 2. The van der Waals surface area contributed by atoms with E-state index in [2.05, 4.69) is 28.7 Å². The minimum Gasteiger partial charge on any atom is -0.337 e. The first-order valence-electron chi connectivity index (χ1n) is 5.75. The highest BCUT2D eigenvalue weighted by Crippen LogP contribution is 2.36. The molecule has 1 aromatic heterocycles. The van der Waals surface area contributed by atoms with Gasteiger partial charge in [0.25, 0.3) is 0 Å². The Balaban J connectivity index is 1.83. The van der Waals surface area contributed by atoms with Gasteiger partial charge < -0.3 is 9.88 Å². The van der Waals surface area contributed by atoms with Crippen molar-refractivity contribution < 1.29 is 0 Å². The van der Waals surface area contributed by atoms with E-state index in [1.165, 1.54) is 25.0 Å². The Morgan fingerprint density at radius 3 is 2.93 bits per heavy atom. The maximum Gasteiger partial charge on any atom is 0.0945 e. The SMILES string of the molecule is Cn1cncc1CNC1CCC(C)(C)C1. The number of hydrogen-bond donors (Lipinski definition) is 1. The fourth-order valence-corrected chi connectivity index (χ4v) is 2.41. The van der Waals surface area contributed by atoms with Gasteiger partial charge in [0, 0.05) is 25.8 Å². The smallest absolute Gasteiger partial charge is 0.0945 e. The Labute approximate surface area is 91.9 Å². The molecule has 3 heteroatoms. The maximum absolute atomic E-state index is 4.12. The number of hydrogen-bond acceptors (Lipinski definition) is 2. The topological polar surface area (TPSA) is 29.9 Å². The molecule has 1 saturated carbocycles. The van der Waals surface area contributed by atoms with Gasteiger partial charge in [-0.1, -0.05) is 13.8 Å². The zero-order chi connectivity index (χ0) is 10.9. The van der Waals surface area contributed by atoms with Crippen molar-refractivity contribution in [1.29, 1.82) is 0 Å². The van der Waals surface area contributed by atoms with Crippen molar-refractivity contribution in [2.45, 2.75) is 45.7 Å². The van der Waals surface area contributed by atoms with Gasteiger partial charge in [-0.15, -0.1) is 0 Å². The fraction of sp³-hybridized carbons (Fsp3) is 0.750. The van der Waals surface area contributed by atoms with E-state index >= 15 is 0 Å². The molecule has 1 aromatic rings. The van der Waals surface area contributed by atoms with Crippen molar-refractivity contribution in [1.82, 2.24) is 14.9 Å². The highest BCUT2D eigenvalue weighted by molar-refractivity contribution is 4.98. The molecule has 0 bridgehead atoms. The van der Waals surface area contributed by atoms with Gasteiger partial charge in [-0.3, -0.25) is 0 Å². The minimum absolute atomic E-state index is 0.532. The molecule has 0 radical (unpaired) electrons. The normalized spacial score (nSPS) is 24.6. The Hall–Kier alpha value is -0.830. The van der Waals surface area contributed by atoms with Gasteiger partial charge in [-0.05, 0) is 24.7 Å². The van der Waals surface area contributed by atoms with Gasteiger partial charge in [-0.2, -0.15) is 0 Å². The first-order chi connectivity index (χ1) is 7.07. The summed E-state index contributed by atoms with van der Waals surface area (Å²) in [6.07, 6.45) is 7.74. The van der Waals surface area contributed by atoms with Gasteiger partial charge in [-0.25, -0.2) is 4.98 Å². The lowest BCUT2D eigenvalue weighted by Gasteiger charge is -2.17. The average molecular weight is 207 g/mol. The molecule has 1 heterocycles. The summed E-state index contributed by atoms with van der Waals surface area (Å²) in [5, 5.41) is 3.62. The molecular formula is C12H21N3. The van der Waals surface area contributed by atoms with Crippen LogP contribution < -0.4 is 5.32 Å². The lowest BCUT2D eigenvalue weighted by atomic mass is 9.92. The quantitative estimate of drug-likeness (QED) is 0.822. The van der Waals surface area contributed by atoms with Crippen molar-refractivity contribution in [3.8, 4) is 0 Å². The summed E-state index contributed by atoms with van der Waals surface area (Å²) in [5.74, 6) is 0. The van der Waals surface area contributed by atoms with Crippen LogP contribution in [0.3, 0.4) is 0 Å². The summed E-state index contributed by atoms with van der Waals surface area (Å²) in [5.41, 5.74) is 1.80. The van der Waals surface area contributed by atoms with Crippen molar-refractivity contribution in [2.24, 2.45) is 12.5 Å². The van der Waals surface area contributed by atoms with Crippen LogP contribution in [0.1, 0.15) is 38.8 Å². The molecule has 0 amide bonds. The van der Waals surface area contributed by atoms with Gasteiger partial charge in [0.05, 0.1) is 12.0 Å². The zero-order valence-corrected chi connectivity index (χ0v) is 9.95. The number of rotatable bonds is 3. The summed E-state index contributed by atoms with van der Waals surface area (Å²) in [6.45, 7) is 5.66. The van der Waals surface area contributed by atoms with Crippen molar-refractivity contribution in [3.05, 3.63) is 18.2 Å². The van der Waals surface area contributed by atoms with Crippen LogP contribution >= 0.6 is 0 Å². The minimum atomic E-state index is 0.532. The number of imidazole rings is 1. The molecule has 0 spiro atoms. The van der Waals surface area contributed by atoms with Crippen molar-refractivity contribution in [3.63, 3.8) is 0 Å². The summed E-state index contributed by atoms with van der Waals surface area (Å²) in [6, 6.07) is 0.690. The largest absolute Gasteiger partial charge is 0.337 e. The van der Waals surface area contributed by atoms with E-state index in [9.17, 15) is 0 Å². The molecule has 1 N–H and O–H groups in total. The Morgan fingerprint density at radius 2 is 2.40 bits per heavy atom. The molecule has 84 valence electrons. The summed E-state index contributed by atoms with van der Waals surface area (Å²) < 4.78 is 2.08. The second kappa shape index (κ2) is 3.97. The van der Waals surface area contributed by atoms with Crippen LogP contribution in [-0.2, 0) is 13.6 Å². The number of aryl methyl sites for hydroxylation is 1. The Kier molecular flexibility index (Phi) is 2.83. The molecule has 0 aromatic carbocycles. The van der Waals surface area contributed by atoms with E-state index in [1.807, 2.05) is 19.6 Å². The molecule has 0 aliphatic heterocycles. The second-order valence-electron chi connectivity index (χ2n) is 5.48. The molecule has 1 fully saturated rings. The maximum atomic E-state index is 4.12. The van der Waals surface area contributed by atoms with Crippen LogP contribution in [0, 0.1) is 5.41 Å². The third-order valence-corrected chi connectivity index (χ3v) is 3.46. The van der Waals surface area contributed by atoms with Gasteiger partial charge in [0.1, 0.15) is 0 Å². The van der Waals surface area contributed by atoms with Crippen molar-refractivity contribution >= 4 is 0 Å².